The van der Waals surface area contributed by atoms with Gasteiger partial charge in [0.25, 0.3) is 0 Å². The summed E-state index contributed by atoms with van der Waals surface area (Å²) in [4.78, 5) is 1.40. The first-order valence-electron chi connectivity index (χ1n) is 6.31. The zero-order valence-electron chi connectivity index (χ0n) is 10.5. The van der Waals surface area contributed by atoms with Gasteiger partial charge >= 0.3 is 0 Å². The maximum atomic E-state index is 5.92. The van der Waals surface area contributed by atoms with Crippen molar-refractivity contribution in [3.05, 3.63) is 57.2 Å². The number of halogens is 1. The van der Waals surface area contributed by atoms with E-state index in [1.165, 1.54) is 10.4 Å². The summed E-state index contributed by atoms with van der Waals surface area (Å²) in [5, 5.41) is 6.55. The van der Waals surface area contributed by atoms with E-state index >= 15 is 0 Å². The fraction of sp³-hybridized carbons (Fsp3) is 0.333. The van der Waals surface area contributed by atoms with Crippen LogP contribution in [0.5, 0.6) is 0 Å². The fourth-order valence-electron chi connectivity index (χ4n) is 1.94. The van der Waals surface area contributed by atoms with Crippen molar-refractivity contribution in [2.24, 2.45) is 0 Å². The van der Waals surface area contributed by atoms with Crippen LogP contribution in [0.3, 0.4) is 0 Å². The summed E-state index contributed by atoms with van der Waals surface area (Å²) in [6, 6.07) is 12.9. The van der Waals surface area contributed by atoms with Crippen molar-refractivity contribution in [3.8, 4) is 0 Å². The van der Waals surface area contributed by atoms with Crippen LogP contribution in [0.1, 0.15) is 29.8 Å². The Kier molecular flexibility index (Phi) is 5.24. The molecule has 0 aliphatic heterocycles. The first kappa shape index (κ1) is 13.6. The molecule has 0 bridgehead atoms. The van der Waals surface area contributed by atoms with Gasteiger partial charge in [0.05, 0.1) is 0 Å². The Morgan fingerprint density at radius 2 is 2.00 bits per heavy atom. The van der Waals surface area contributed by atoms with E-state index in [9.17, 15) is 0 Å². The zero-order valence-corrected chi connectivity index (χ0v) is 12.1. The standard InChI is InChI=1S/C15H18ClNS/c1-2-9-17-14(15-4-3-10-18-15)11-12-5-7-13(16)8-6-12/h3-8,10,14,17H,2,9,11H2,1H3. The summed E-state index contributed by atoms with van der Waals surface area (Å²) in [6.07, 6.45) is 2.17. The van der Waals surface area contributed by atoms with Crippen molar-refractivity contribution in [1.29, 1.82) is 0 Å². The average molecular weight is 280 g/mol. The Labute approximate surface area is 118 Å². The van der Waals surface area contributed by atoms with Gasteiger partial charge < -0.3 is 5.32 Å². The summed E-state index contributed by atoms with van der Waals surface area (Å²) in [5.41, 5.74) is 1.32. The minimum absolute atomic E-state index is 0.408. The number of benzene rings is 1. The molecule has 0 saturated heterocycles. The van der Waals surface area contributed by atoms with E-state index in [4.69, 9.17) is 11.6 Å². The molecule has 96 valence electrons. The molecule has 2 rings (SSSR count). The molecule has 1 aromatic carbocycles. The summed E-state index contributed by atoms with van der Waals surface area (Å²) in [5.74, 6) is 0. The molecular formula is C15H18ClNS. The molecule has 0 fully saturated rings. The number of rotatable bonds is 6. The largest absolute Gasteiger partial charge is 0.309 e. The maximum Gasteiger partial charge on any atom is 0.0455 e. The molecule has 1 heterocycles. The van der Waals surface area contributed by atoms with Gasteiger partial charge in [-0.2, -0.15) is 0 Å². The predicted molar refractivity (Wildman–Crippen MR) is 80.5 cm³/mol. The molecule has 1 unspecified atom stereocenters. The third kappa shape index (κ3) is 3.84. The molecule has 0 aliphatic carbocycles. The third-order valence-electron chi connectivity index (χ3n) is 2.88. The van der Waals surface area contributed by atoms with Crippen molar-refractivity contribution < 1.29 is 0 Å². The van der Waals surface area contributed by atoms with Crippen LogP contribution in [0.15, 0.2) is 41.8 Å². The molecule has 1 N–H and O–H groups in total. The van der Waals surface area contributed by atoms with E-state index in [0.717, 1.165) is 24.4 Å². The number of thiophene rings is 1. The molecule has 1 nitrogen and oxygen atoms in total. The molecule has 2 aromatic rings. The molecule has 0 spiro atoms. The highest BCUT2D eigenvalue weighted by Crippen LogP contribution is 2.23. The second-order valence-electron chi connectivity index (χ2n) is 4.35. The molecule has 0 aliphatic rings. The Balaban J connectivity index is 2.07. The topological polar surface area (TPSA) is 12.0 Å². The Hall–Kier alpha value is -0.830. The Morgan fingerprint density at radius 3 is 2.61 bits per heavy atom. The number of hydrogen-bond donors (Lipinski definition) is 1. The lowest BCUT2D eigenvalue weighted by Crippen LogP contribution is -2.23. The summed E-state index contributed by atoms with van der Waals surface area (Å²) in [7, 11) is 0. The normalized spacial score (nSPS) is 12.6. The van der Waals surface area contributed by atoms with Crippen molar-refractivity contribution >= 4 is 22.9 Å². The van der Waals surface area contributed by atoms with Gasteiger partial charge in [0.1, 0.15) is 0 Å². The van der Waals surface area contributed by atoms with Crippen LogP contribution in [-0.4, -0.2) is 6.54 Å². The van der Waals surface area contributed by atoms with E-state index in [-0.39, 0.29) is 0 Å². The highest BCUT2D eigenvalue weighted by Gasteiger charge is 2.12. The van der Waals surface area contributed by atoms with Crippen molar-refractivity contribution in [2.45, 2.75) is 25.8 Å². The summed E-state index contributed by atoms with van der Waals surface area (Å²) in [6.45, 7) is 3.25. The van der Waals surface area contributed by atoms with Crippen molar-refractivity contribution in [2.75, 3.05) is 6.54 Å². The van der Waals surface area contributed by atoms with E-state index in [1.807, 2.05) is 23.5 Å². The fourth-order valence-corrected chi connectivity index (χ4v) is 2.87. The highest BCUT2D eigenvalue weighted by atomic mass is 35.5. The molecule has 1 aromatic heterocycles. The molecule has 1 atom stereocenters. The zero-order chi connectivity index (χ0) is 12.8. The van der Waals surface area contributed by atoms with Crippen LogP contribution >= 0.6 is 22.9 Å². The first-order chi connectivity index (χ1) is 8.79. The van der Waals surface area contributed by atoms with E-state index in [2.05, 4.69) is 41.9 Å². The van der Waals surface area contributed by atoms with Gasteiger partial charge in [0.2, 0.25) is 0 Å². The molecule has 0 radical (unpaired) electrons. The Morgan fingerprint density at radius 1 is 1.22 bits per heavy atom. The van der Waals surface area contributed by atoms with E-state index < -0.39 is 0 Å². The maximum absolute atomic E-state index is 5.92. The second-order valence-corrected chi connectivity index (χ2v) is 5.77. The van der Waals surface area contributed by atoms with Gasteiger partial charge in [-0.1, -0.05) is 36.7 Å². The quantitative estimate of drug-likeness (QED) is 0.809. The minimum Gasteiger partial charge on any atom is -0.309 e. The van der Waals surface area contributed by atoms with Crippen LogP contribution < -0.4 is 5.32 Å². The third-order valence-corrected chi connectivity index (χ3v) is 4.12. The SMILES string of the molecule is CCCNC(Cc1ccc(Cl)cc1)c1cccs1. The van der Waals surface area contributed by atoms with Crippen molar-refractivity contribution in [1.82, 2.24) is 5.32 Å². The molecule has 3 heteroatoms. The lowest BCUT2D eigenvalue weighted by atomic mass is 10.0. The number of nitrogens with one attached hydrogen (secondary N) is 1. The van der Waals surface area contributed by atoms with Crippen molar-refractivity contribution in [3.63, 3.8) is 0 Å². The Bertz CT molecular complexity index is 450. The summed E-state index contributed by atoms with van der Waals surface area (Å²) < 4.78 is 0. The second kappa shape index (κ2) is 6.93. The smallest absolute Gasteiger partial charge is 0.0455 e. The lowest BCUT2D eigenvalue weighted by Gasteiger charge is -2.17. The van der Waals surface area contributed by atoms with E-state index in [0.29, 0.717) is 6.04 Å². The van der Waals surface area contributed by atoms with Gasteiger partial charge in [-0.25, -0.2) is 0 Å². The van der Waals surface area contributed by atoms with Crippen LogP contribution in [0, 0.1) is 0 Å². The minimum atomic E-state index is 0.408. The monoisotopic (exact) mass is 279 g/mol. The highest BCUT2D eigenvalue weighted by molar-refractivity contribution is 7.10. The molecular weight excluding hydrogens is 262 g/mol. The average Bonchev–Trinajstić information content (AvgIpc) is 2.90. The van der Waals surface area contributed by atoms with Gasteiger partial charge in [-0.15, -0.1) is 11.3 Å². The molecule has 18 heavy (non-hydrogen) atoms. The lowest BCUT2D eigenvalue weighted by molar-refractivity contribution is 0.536. The van der Waals surface area contributed by atoms with Gasteiger partial charge in [-0.05, 0) is 48.5 Å². The van der Waals surface area contributed by atoms with Crippen LogP contribution in [0.4, 0.5) is 0 Å². The first-order valence-corrected chi connectivity index (χ1v) is 7.56. The summed E-state index contributed by atoms with van der Waals surface area (Å²) >= 11 is 7.73. The van der Waals surface area contributed by atoms with Gasteiger partial charge in [-0.3, -0.25) is 0 Å². The predicted octanol–water partition coefficient (Wildman–Crippen LogP) is 4.68. The van der Waals surface area contributed by atoms with Crippen LogP contribution in [-0.2, 0) is 6.42 Å². The molecule has 0 amide bonds. The molecule has 0 saturated carbocycles. The van der Waals surface area contributed by atoms with Crippen LogP contribution in [0.2, 0.25) is 5.02 Å². The van der Waals surface area contributed by atoms with Gasteiger partial charge in [0.15, 0.2) is 0 Å². The number of hydrogen-bond acceptors (Lipinski definition) is 2. The van der Waals surface area contributed by atoms with E-state index in [1.54, 1.807) is 0 Å². The van der Waals surface area contributed by atoms with Crippen LogP contribution in [0.25, 0.3) is 0 Å². The van der Waals surface area contributed by atoms with Gasteiger partial charge in [0, 0.05) is 15.9 Å².